The maximum absolute atomic E-state index is 12.0. The highest BCUT2D eigenvalue weighted by Crippen LogP contribution is 2.21. The molecule has 1 aliphatic carbocycles. The smallest absolute Gasteiger partial charge is 0.221 e. The van der Waals surface area contributed by atoms with Gasteiger partial charge in [0.15, 0.2) is 0 Å². The lowest BCUT2D eigenvalue weighted by Gasteiger charge is -2.37. The van der Waals surface area contributed by atoms with Crippen LogP contribution in [0.1, 0.15) is 58.3 Å². The minimum absolute atomic E-state index is 0.235. The number of carbonyl (C=O) groups excluding carboxylic acids is 1. The summed E-state index contributed by atoms with van der Waals surface area (Å²) in [6, 6.07) is 1.03. The zero-order valence-corrected chi connectivity index (χ0v) is 12.9. The summed E-state index contributed by atoms with van der Waals surface area (Å²) < 4.78 is 0. The zero-order chi connectivity index (χ0) is 14.4. The summed E-state index contributed by atoms with van der Waals surface area (Å²) >= 11 is 0. The van der Waals surface area contributed by atoms with Crippen molar-refractivity contribution in [3.63, 3.8) is 0 Å². The first-order valence-corrected chi connectivity index (χ1v) is 8.42. The van der Waals surface area contributed by atoms with Crippen LogP contribution in [0.3, 0.4) is 0 Å². The quantitative estimate of drug-likeness (QED) is 0.809. The number of hydrogen-bond acceptors (Lipinski definition) is 3. The van der Waals surface area contributed by atoms with Crippen molar-refractivity contribution in [1.82, 2.24) is 10.2 Å². The SMILES string of the molecule is CC1CCC(CN)CN1CCC(=O)NC1CCCCC1. The van der Waals surface area contributed by atoms with E-state index >= 15 is 0 Å². The van der Waals surface area contributed by atoms with Gasteiger partial charge >= 0.3 is 0 Å². The lowest BCUT2D eigenvalue weighted by atomic mass is 9.93. The number of carbonyl (C=O) groups is 1. The molecule has 3 N–H and O–H groups in total. The van der Waals surface area contributed by atoms with Gasteiger partial charge in [-0.15, -0.1) is 0 Å². The van der Waals surface area contributed by atoms with Crippen molar-refractivity contribution in [2.75, 3.05) is 19.6 Å². The van der Waals surface area contributed by atoms with Crippen molar-refractivity contribution >= 4 is 5.91 Å². The van der Waals surface area contributed by atoms with Gasteiger partial charge in [0.05, 0.1) is 0 Å². The van der Waals surface area contributed by atoms with Crippen LogP contribution in [0.5, 0.6) is 0 Å². The molecular formula is C16H31N3O. The van der Waals surface area contributed by atoms with E-state index in [2.05, 4.69) is 17.1 Å². The van der Waals surface area contributed by atoms with Gasteiger partial charge in [-0.3, -0.25) is 9.69 Å². The topological polar surface area (TPSA) is 58.4 Å². The number of nitrogens with zero attached hydrogens (tertiary/aromatic N) is 1. The molecule has 2 fully saturated rings. The van der Waals surface area contributed by atoms with Gasteiger partial charge in [-0.05, 0) is 45.1 Å². The highest BCUT2D eigenvalue weighted by molar-refractivity contribution is 5.76. The van der Waals surface area contributed by atoms with Crippen LogP contribution in [0.25, 0.3) is 0 Å². The fraction of sp³-hybridized carbons (Fsp3) is 0.938. The first kappa shape index (κ1) is 15.8. The third-order valence-electron chi connectivity index (χ3n) is 5.04. The van der Waals surface area contributed by atoms with Crippen molar-refractivity contribution in [3.8, 4) is 0 Å². The molecule has 4 heteroatoms. The summed E-state index contributed by atoms with van der Waals surface area (Å²) in [5.74, 6) is 0.853. The molecule has 0 aromatic carbocycles. The van der Waals surface area contributed by atoms with E-state index in [9.17, 15) is 4.79 Å². The van der Waals surface area contributed by atoms with E-state index in [0.29, 0.717) is 24.4 Å². The summed E-state index contributed by atoms with van der Waals surface area (Å²) in [5, 5.41) is 3.21. The molecule has 1 amide bonds. The predicted octanol–water partition coefficient (Wildman–Crippen LogP) is 1.88. The van der Waals surface area contributed by atoms with E-state index < -0.39 is 0 Å². The lowest BCUT2D eigenvalue weighted by Crippen LogP contribution is -2.45. The highest BCUT2D eigenvalue weighted by Gasteiger charge is 2.25. The minimum Gasteiger partial charge on any atom is -0.353 e. The molecule has 2 rings (SSSR count). The maximum Gasteiger partial charge on any atom is 0.221 e. The second-order valence-corrected chi connectivity index (χ2v) is 6.68. The van der Waals surface area contributed by atoms with E-state index in [1.165, 1.54) is 44.9 Å². The molecule has 20 heavy (non-hydrogen) atoms. The molecule has 1 saturated heterocycles. The molecule has 116 valence electrons. The Morgan fingerprint density at radius 1 is 1.20 bits per heavy atom. The van der Waals surface area contributed by atoms with E-state index in [4.69, 9.17) is 5.73 Å². The monoisotopic (exact) mass is 281 g/mol. The molecule has 0 radical (unpaired) electrons. The van der Waals surface area contributed by atoms with Crippen molar-refractivity contribution in [2.24, 2.45) is 11.7 Å². The van der Waals surface area contributed by atoms with Crippen LogP contribution in [-0.2, 0) is 4.79 Å². The molecule has 1 saturated carbocycles. The summed E-state index contributed by atoms with van der Waals surface area (Å²) in [6.45, 7) is 4.99. The standard InChI is InChI=1S/C16H31N3O/c1-13-7-8-14(11-17)12-19(13)10-9-16(20)18-15-5-3-2-4-6-15/h13-15H,2-12,17H2,1H3,(H,18,20). The second kappa shape index (κ2) is 7.99. The molecule has 0 bridgehead atoms. The van der Waals surface area contributed by atoms with Gasteiger partial charge in [0.25, 0.3) is 0 Å². The summed E-state index contributed by atoms with van der Waals surface area (Å²) in [4.78, 5) is 14.5. The largest absolute Gasteiger partial charge is 0.353 e. The van der Waals surface area contributed by atoms with Crippen molar-refractivity contribution in [1.29, 1.82) is 0 Å². The Morgan fingerprint density at radius 2 is 1.95 bits per heavy atom. The molecule has 1 heterocycles. The Bertz CT molecular complexity index is 302. The van der Waals surface area contributed by atoms with Gasteiger partial charge in [-0.2, -0.15) is 0 Å². The first-order valence-electron chi connectivity index (χ1n) is 8.42. The number of likely N-dealkylation sites (tertiary alicyclic amines) is 1. The predicted molar refractivity (Wildman–Crippen MR) is 82.4 cm³/mol. The molecule has 1 aliphatic heterocycles. The number of rotatable bonds is 5. The summed E-state index contributed by atoms with van der Waals surface area (Å²) in [5.41, 5.74) is 5.78. The average molecular weight is 281 g/mol. The van der Waals surface area contributed by atoms with E-state index in [1.54, 1.807) is 0 Å². The summed E-state index contributed by atoms with van der Waals surface area (Å²) in [6.07, 6.45) is 9.30. The number of piperidine rings is 1. The van der Waals surface area contributed by atoms with E-state index in [0.717, 1.165) is 19.6 Å². The van der Waals surface area contributed by atoms with E-state index in [1.807, 2.05) is 0 Å². The van der Waals surface area contributed by atoms with Crippen LogP contribution < -0.4 is 11.1 Å². The van der Waals surface area contributed by atoms with Crippen LogP contribution in [0, 0.1) is 5.92 Å². The van der Waals surface area contributed by atoms with Gasteiger partial charge in [-0.25, -0.2) is 0 Å². The Labute approximate surface area is 123 Å². The Hall–Kier alpha value is -0.610. The number of hydrogen-bond donors (Lipinski definition) is 2. The molecule has 4 nitrogen and oxygen atoms in total. The third kappa shape index (κ3) is 4.74. The molecule has 2 aliphatic rings. The number of nitrogens with one attached hydrogen (secondary N) is 1. The minimum atomic E-state index is 0.235. The van der Waals surface area contributed by atoms with Gasteiger partial charge in [-0.1, -0.05) is 19.3 Å². The van der Waals surface area contributed by atoms with E-state index in [-0.39, 0.29) is 5.91 Å². The normalized spacial score (nSPS) is 29.3. The Balaban J connectivity index is 1.68. The second-order valence-electron chi connectivity index (χ2n) is 6.68. The van der Waals surface area contributed by atoms with Crippen LogP contribution >= 0.6 is 0 Å². The molecule has 2 unspecified atom stereocenters. The Kier molecular flexibility index (Phi) is 6.30. The van der Waals surface area contributed by atoms with Crippen molar-refractivity contribution < 1.29 is 4.79 Å². The lowest BCUT2D eigenvalue weighted by molar-refractivity contribution is -0.122. The zero-order valence-electron chi connectivity index (χ0n) is 12.9. The molecule has 0 spiro atoms. The number of nitrogens with two attached hydrogens (primary N) is 1. The fourth-order valence-corrected chi connectivity index (χ4v) is 3.56. The van der Waals surface area contributed by atoms with Crippen molar-refractivity contribution in [2.45, 2.75) is 70.4 Å². The first-order chi connectivity index (χ1) is 9.69. The Morgan fingerprint density at radius 3 is 2.65 bits per heavy atom. The van der Waals surface area contributed by atoms with Gasteiger partial charge in [0, 0.05) is 31.6 Å². The fourth-order valence-electron chi connectivity index (χ4n) is 3.56. The number of amides is 1. The van der Waals surface area contributed by atoms with Crippen molar-refractivity contribution in [3.05, 3.63) is 0 Å². The van der Waals surface area contributed by atoms with Crippen LogP contribution in [-0.4, -0.2) is 42.5 Å². The average Bonchev–Trinajstić information content (AvgIpc) is 2.47. The van der Waals surface area contributed by atoms with Crippen LogP contribution in [0.2, 0.25) is 0 Å². The molecule has 2 atom stereocenters. The third-order valence-corrected chi connectivity index (χ3v) is 5.04. The molecule has 0 aromatic heterocycles. The van der Waals surface area contributed by atoms with Crippen LogP contribution in [0.4, 0.5) is 0 Å². The summed E-state index contributed by atoms with van der Waals surface area (Å²) in [7, 11) is 0. The molecular weight excluding hydrogens is 250 g/mol. The van der Waals surface area contributed by atoms with Gasteiger partial charge < -0.3 is 11.1 Å². The van der Waals surface area contributed by atoms with Gasteiger partial charge in [0.2, 0.25) is 5.91 Å². The molecule has 0 aromatic rings. The maximum atomic E-state index is 12.0. The van der Waals surface area contributed by atoms with Crippen LogP contribution in [0.15, 0.2) is 0 Å². The highest BCUT2D eigenvalue weighted by atomic mass is 16.1. The van der Waals surface area contributed by atoms with Gasteiger partial charge in [0.1, 0.15) is 0 Å².